The first kappa shape index (κ1) is 14.7. The van der Waals surface area contributed by atoms with E-state index < -0.39 is 12.1 Å². The summed E-state index contributed by atoms with van der Waals surface area (Å²) in [6.45, 7) is 1.88. The zero-order valence-electron chi connectivity index (χ0n) is 10.4. The van der Waals surface area contributed by atoms with Gasteiger partial charge in [-0.1, -0.05) is 46.3 Å². The number of hydrogen-bond donors (Lipinski definition) is 0. The molecule has 0 aliphatic rings. The lowest BCUT2D eigenvalue weighted by Gasteiger charge is -2.22. The van der Waals surface area contributed by atoms with Gasteiger partial charge >= 0.3 is 6.09 Å². The first-order valence-electron chi connectivity index (χ1n) is 5.58. The van der Waals surface area contributed by atoms with Crippen LogP contribution in [0.15, 0.2) is 30.3 Å². The highest BCUT2D eigenvalue weighted by molar-refractivity contribution is 9.09. The Balaban J connectivity index is 2.48. The third-order valence-electron chi connectivity index (χ3n) is 2.67. The van der Waals surface area contributed by atoms with E-state index >= 15 is 0 Å². The lowest BCUT2D eigenvalue weighted by molar-refractivity contribution is -0.120. The summed E-state index contributed by atoms with van der Waals surface area (Å²) in [5.74, 6) is -0.0610. The summed E-state index contributed by atoms with van der Waals surface area (Å²) < 4.78 is 5.13. The summed E-state index contributed by atoms with van der Waals surface area (Å²) in [7, 11) is 1.55. The van der Waals surface area contributed by atoms with E-state index in [1.165, 1.54) is 4.90 Å². The number of Topliss-reactive ketones (excluding diaryl/α,β-unsaturated/α-hetero) is 1. The maximum atomic E-state index is 11.7. The molecule has 0 aliphatic heterocycles. The van der Waals surface area contributed by atoms with Crippen LogP contribution in [0.4, 0.5) is 4.79 Å². The van der Waals surface area contributed by atoms with E-state index in [0.717, 1.165) is 5.56 Å². The minimum Gasteiger partial charge on any atom is -0.445 e. The molecule has 0 aliphatic carbocycles. The van der Waals surface area contributed by atoms with Crippen LogP contribution < -0.4 is 0 Å². The fraction of sp³-hybridized carbons (Fsp3) is 0.385. The Morgan fingerprint density at radius 3 is 2.50 bits per heavy atom. The van der Waals surface area contributed by atoms with Crippen LogP contribution >= 0.6 is 15.9 Å². The van der Waals surface area contributed by atoms with Crippen molar-refractivity contribution in [1.82, 2.24) is 4.90 Å². The molecule has 0 bridgehead atoms. The van der Waals surface area contributed by atoms with Crippen LogP contribution in [0, 0.1) is 0 Å². The summed E-state index contributed by atoms with van der Waals surface area (Å²) in [6.07, 6.45) is -0.499. The van der Waals surface area contributed by atoms with Crippen LogP contribution in [0.3, 0.4) is 0 Å². The molecule has 0 fully saturated rings. The Morgan fingerprint density at radius 2 is 1.94 bits per heavy atom. The number of hydrogen-bond acceptors (Lipinski definition) is 3. The van der Waals surface area contributed by atoms with Gasteiger partial charge in [0.15, 0.2) is 5.78 Å². The molecule has 1 aromatic rings. The van der Waals surface area contributed by atoms with Gasteiger partial charge in [-0.2, -0.15) is 0 Å². The average molecular weight is 314 g/mol. The highest BCUT2D eigenvalue weighted by Gasteiger charge is 2.22. The lowest BCUT2D eigenvalue weighted by atomic mass is 10.2. The van der Waals surface area contributed by atoms with Gasteiger partial charge in [-0.05, 0) is 12.5 Å². The topological polar surface area (TPSA) is 46.6 Å². The van der Waals surface area contributed by atoms with Gasteiger partial charge in [-0.25, -0.2) is 4.79 Å². The number of carbonyl (C=O) groups excluding carboxylic acids is 2. The molecule has 1 atom stereocenters. The molecule has 0 heterocycles. The number of ether oxygens (including phenoxy) is 1. The molecule has 1 rings (SSSR count). The van der Waals surface area contributed by atoms with Crippen LogP contribution in [0.25, 0.3) is 0 Å². The van der Waals surface area contributed by atoms with Crippen LogP contribution in [-0.4, -0.2) is 35.2 Å². The number of benzene rings is 1. The van der Waals surface area contributed by atoms with E-state index in [9.17, 15) is 9.59 Å². The SMILES string of the molecule is CC(C(=O)CBr)N(C)C(=O)OCc1ccccc1. The number of amides is 1. The molecule has 1 unspecified atom stereocenters. The lowest BCUT2D eigenvalue weighted by Crippen LogP contribution is -2.41. The quantitative estimate of drug-likeness (QED) is 0.785. The molecule has 18 heavy (non-hydrogen) atoms. The van der Waals surface area contributed by atoms with Crippen molar-refractivity contribution in [1.29, 1.82) is 0 Å². The monoisotopic (exact) mass is 313 g/mol. The van der Waals surface area contributed by atoms with Crippen LogP contribution in [0.2, 0.25) is 0 Å². The number of rotatable bonds is 5. The molecule has 1 aromatic carbocycles. The van der Waals surface area contributed by atoms with E-state index in [-0.39, 0.29) is 17.7 Å². The molecular weight excluding hydrogens is 298 g/mol. The highest BCUT2D eigenvalue weighted by atomic mass is 79.9. The maximum absolute atomic E-state index is 11.7. The third-order valence-corrected chi connectivity index (χ3v) is 3.22. The fourth-order valence-corrected chi connectivity index (χ4v) is 1.78. The molecule has 98 valence electrons. The zero-order chi connectivity index (χ0) is 13.5. The first-order valence-corrected chi connectivity index (χ1v) is 6.70. The van der Waals surface area contributed by atoms with Crippen LogP contribution in [-0.2, 0) is 16.1 Å². The average Bonchev–Trinajstić information content (AvgIpc) is 2.43. The minimum atomic E-state index is -0.499. The van der Waals surface area contributed by atoms with Crippen molar-refractivity contribution in [2.45, 2.75) is 19.6 Å². The van der Waals surface area contributed by atoms with Crippen molar-refractivity contribution < 1.29 is 14.3 Å². The Kier molecular flexibility index (Phi) is 5.85. The molecule has 0 N–H and O–H groups in total. The van der Waals surface area contributed by atoms with Gasteiger partial charge in [0.05, 0.1) is 11.4 Å². The molecule has 0 aromatic heterocycles. The standard InChI is InChI=1S/C13H16BrNO3/c1-10(12(16)8-14)15(2)13(17)18-9-11-6-4-3-5-7-11/h3-7,10H,8-9H2,1-2H3. The van der Waals surface area contributed by atoms with Crippen LogP contribution in [0.5, 0.6) is 0 Å². The smallest absolute Gasteiger partial charge is 0.410 e. The van der Waals surface area contributed by atoms with Crippen LogP contribution in [0.1, 0.15) is 12.5 Å². The number of likely N-dealkylation sites (N-methyl/N-ethyl adjacent to an activating group) is 1. The second-order valence-electron chi connectivity index (χ2n) is 3.93. The molecule has 4 nitrogen and oxygen atoms in total. The second kappa shape index (κ2) is 7.16. The fourth-order valence-electron chi connectivity index (χ4n) is 1.31. The van der Waals surface area contributed by atoms with Crippen molar-refractivity contribution in [3.8, 4) is 0 Å². The van der Waals surface area contributed by atoms with Crippen molar-refractivity contribution >= 4 is 27.8 Å². The molecule has 0 radical (unpaired) electrons. The second-order valence-corrected chi connectivity index (χ2v) is 4.49. The normalized spacial score (nSPS) is 11.7. The minimum absolute atomic E-state index is 0.0610. The van der Waals surface area contributed by atoms with E-state index in [4.69, 9.17) is 4.74 Å². The molecule has 1 amide bonds. The van der Waals surface area contributed by atoms with Crippen molar-refractivity contribution in [2.75, 3.05) is 12.4 Å². The van der Waals surface area contributed by atoms with Gasteiger partial charge in [0.1, 0.15) is 6.61 Å². The summed E-state index contributed by atoms with van der Waals surface area (Å²) in [6, 6.07) is 8.91. The number of carbonyl (C=O) groups is 2. The maximum Gasteiger partial charge on any atom is 0.410 e. The molecule has 5 heteroatoms. The molecule has 0 saturated heterocycles. The highest BCUT2D eigenvalue weighted by Crippen LogP contribution is 2.06. The number of alkyl halides is 1. The summed E-state index contributed by atoms with van der Waals surface area (Å²) in [5.41, 5.74) is 0.915. The Bertz CT molecular complexity index is 408. The Labute approximate surface area is 115 Å². The van der Waals surface area contributed by atoms with E-state index in [1.54, 1.807) is 14.0 Å². The zero-order valence-corrected chi connectivity index (χ0v) is 12.0. The molecular formula is C13H16BrNO3. The predicted molar refractivity (Wildman–Crippen MR) is 72.7 cm³/mol. The van der Waals surface area contributed by atoms with Gasteiger partial charge in [-0.3, -0.25) is 4.79 Å². The van der Waals surface area contributed by atoms with E-state index in [0.29, 0.717) is 0 Å². The number of halogens is 1. The number of nitrogens with zero attached hydrogens (tertiary/aromatic N) is 1. The summed E-state index contributed by atoms with van der Waals surface area (Å²) in [5, 5.41) is 0.227. The van der Waals surface area contributed by atoms with Gasteiger partial charge < -0.3 is 9.64 Å². The Morgan fingerprint density at radius 1 is 1.33 bits per heavy atom. The van der Waals surface area contributed by atoms with Gasteiger partial charge in [0.25, 0.3) is 0 Å². The summed E-state index contributed by atoms with van der Waals surface area (Å²) >= 11 is 3.08. The van der Waals surface area contributed by atoms with E-state index in [1.807, 2.05) is 30.3 Å². The van der Waals surface area contributed by atoms with Crippen molar-refractivity contribution in [2.24, 2.45) is 0 Å². The predicted octanol–water partition coefficient (Wildman–Crippen LogP) is 2.61. The van der Waals surface area contributed by atoms with Gasteiger partial charge in [0, 0.05) is 7.05 Å². The molecule has 0 spiro atoms. The summed E-state index contributed by atoms with van der Waals surface area (Å²) in [4.78, 5) is 24.4. The van der Waals surface area contributed by atoms with Crippen molar-refractivity contribution in [3.63, 3.8) is 0 Å². The van der Waals surface area contributed by atoms with Gasteiger partial charge in [-0.15, -0.1) is 0 Å². The third kappa shape index (κ3) is 4.14. The van der Waals surface area contributed by atoms with Crippen molar-refractivity contribution in [3.05, 3.63) is 35.9 Å². The Hall–Kier alpha value is -1.36. The number of ketones is 1. The first-order chi connectivity index (χ1) is 8.56. The van der Waals surface area contributed by atoms with E-state index in [2.05, 4.69) is 15.9 Å². The molecule has 0 saturated carbocycles. The largest absolute Gasteiger partial charge is 0.445 e. The van der Waals surface area contributed by atoms with Gasteiger partial charge in [0.2, 0.25) is 0 Å².